The first kappa shape index (κ1) is 13.3. The minimum absolute atomic E-state index is 0.470. The third-order valence-corrected chi connectivity index (χ3v) is 3.28. The quantitative estimate of drug-likeness (QED) is 0.495. The van der Waals surface area contributed by atoms with Gasteiger partial charge in [0.1, 0.15) is 0 Å². The van der Waals surface area contributed by atoms with E-state index in [4.69, 9.17) is 16.3 Å². The maximum absolute atomic E-state index is 5.80. The van der Waals surface area contributed by atoms with Crippen molar-refractivity contribution in [3.8, 4) is 0 Å². The highest BCUT2D eigenvalue weighted by Crippen LogP contribution is 2.19. The first-order valence-electron chi connectivity index (χ1n) is 6.12. The summed E-state index contributed by atoms with van der Waals surface area (Å²) in [4.78, 5) is 2.39. The number of likely N-dealkylation sites (N-methyl/N-ethyl adjacent to an activating group) is 1. The van der Waals surface area contributed by atoms with Crippen LogP contribution in [-0.4, -0.2) is 43.1 Å². The molecule has 1 aliphatic rings. The van der Waals surface area contributed by atoms with Crippen LogP contribution in [-0.2, 0) is 4.74 Å². The normalized spacial score (nSPS) is 26.4. The molecule has 1 fully saturated rings. The molecule has 1 saturated heterocycles. The maximum atomic E-state index is 5.80. The van der Waals surface area contributed by atoms with Crippen molar-refractivity contribution in [3.05, 3.63) is 0 Å². The lowest BCUT2D eigenvalue weighted by atomic mass is 10.2. The number of hydrogen-bond acceptors (Lipinski definition) is 2. The van der Waals surface area contributed by atoms with E-state index in [1.54, 1.807) is 0 Å². The van der Waals surface area contributed by atoms with Crippen molar-refractivity contribution in [2.75, 3.05) is 26.0 Å². The summed E-state index contributed by atoms with van der Waals surface area (Å²) in [7, 11) is 2.19. The summed E-state index contributed by atoms with van der Waals surface area (Å²) in [5, 5.41) is 0. The van der Waals surface area contributed by atoms with Crippen LogP contribution in [0.3, 0.4) is 0 Å². The molecule has 0 saturated carbocycles. The molecule has 0 aromatic rings. The van der Waals surface area contributed by atoms with Crippen molar-refractivity contribution in [1.29, 1.82) is 0 Å². The average molecular weight is 234 g/mol. The molecule has 0 aromatic heterocycles. The summed E-state index contributed by atoms with van der Waals surface area (Å²) in [6.45, 7) is 4.43. The van der Waals surface area contributed by atoms with Gasteiger partial charge in [-0.1, -0.05) is 6.42 Å². The van der Waals surface area contributed by atoms with Crippen molar-refractivity contribution in [1.82, 2.24) is 4.90 Å². The molecule has 2 atom stereocenters. The Labute approximate surface area is 98.9 Å². The van der Waals surface area contributed by atoms with Crippen LogP contribution in [0.25, 0.3) is 0 Å². The Morgan fingerprint density at radius 3 is 2.67 bits per heavy atom. The van der Waals surface area contributed by atoms with E-state index in [2.05, 4.69) is 18.9 Å². The molecule has 90 valence electrons. The topological polar surface area (TPSA) is 12.5 Å². The molecule has 0 amide bonds. The molecule has 0 aliphatic carbocycles. The molecule has 1 aliphatic heterocycles. The smallest absolute Gasteiger partial charge is 0.0706 e. The second kappa shape index (κ2) is 7.48. The van der Waals surface area contributed by atoms with Crippen LogP contribution in [0, 0.1) is 0 Å². The van der Waals surface area contributed by atoms with Crippen LogP contribution in [0.4, 0.5) is 0 Å². The van der Waals surface area contributed by atoms with Crippen molar-refractivity contribution in [2.24, 2.45) is 0 Å². The zero-order chi connectivity index (χ0) is 11.1. The molecule has 1 heterocycles. The predicted octanol–water partition coefficient (Wildman–Crippen LogP) is 2.89. The fraction of sp³-hybridized carbons (Fsp3) is 1.00. The van der Waals surface area contributed by atoms with Gasteiger partial charge in [-0.05, 0) is 46.2 Å². The Morgan fingerprint density at radius 1 is 1.27 bits per heavy atom. The standard InChI is InChI=1S/C12H24ClNO/c1-11-6-7-12(15-11)10-14(2)9-5-3-4-8-13/h11-12H,3-10H2,1-2H3. The lowest BCUT2D eigenvalue weighted by Crippen LogP contribution is -2.30. The van der Waals surface area contributed by atoms with E-state index in [0.29, 0.717) is 12.2 Å². The van der Waals surface area contributed by atoms with Gasteiger partial charge in [0.2, 0.25) is 0 Å². The van der Waals surface area contributed by atoms with E-state index in [1.807, 2.05) is 0 Å². The second-order valence-electron chi connectivity index (χ2n) is 4.66. The molecule has 3 heteroatoms. The van der Waals surface area contributed by atoms with Crippen LogP contribution < -0.4 is 0 Å². The maximum Gasteiger partial charge on any atom is 0.0706 e. The molecule has 0 aromatic carbocycles. The van der Waals surface area contributed by atoms with Crippen molar-refractivity contribution in [2.45, 2.75) is 51.2 Å². The molecule has 15 heavy (non-hydrogen) atoms. The van der Waals surface area contributed by atoms with Crippen LogP contribution in [0.5, 0.6) is 0 Å². The molecule has 0 N–H and O–H groups in total. The fourth-order valence-electron chi connectivity index (χ4n) is 2.11. The summed E-state index contributed by atoms with van der Waals surface area (Å²) in [5.74, 6) is 0.799. The Bertz CT molecular complexity index is 166. The Balaban J connectivity index is 2.00. The van der Waals surface area contributed by atoms with E-state index in [0.717, 1.165) is 18.8 Å². The Morgan fingerprint density at radius 2 is 2.07 bits per heavy atom. The first-order valence-corrected chi connectivity index (χ1v) is 6.65. The van der Waals surface area contributed by atoms with Crippen LogP contribution in [0.2, 0.25) is 0 Å². The monoisotopic (exact) mass is 233 g/mol. The fourth-order valence-corrected chi connectivity index (χ4v) is 2.30. The van der Waals surface area contributed by atoms with E-state index >= 15 is 0 Å². The van der Waals surface area contributed by atoms with Gasteiger partial charge in [0.25, 0.3) is 0 Å². The highest BCUT2D eigenvalue weighted by atomic mass is 35.5. The minimum Gasteiger partial charge on any atom is -0.374 e. The number of unbranched alkanes of at least 4 members (excludes halogenated alkanes) is 2. The zero-order valence-corrected chi connectivity index (χ0v) is 10.8. The summed E-state index contributed by atoms with van der Waals surface area (Å²) in [5.41, 5.74) is 0. The number of halogens is 1. The molecular formula is C12H24ClNO. The molecule has 0 bridgehead atoms. The van der Waals surface area contributed by atoms with Gasteiger partial charge in [-0.3, -0.25) is 0 Å². The minimum atomic E-state index is 0.470. The molecular weight excluding hydrogens is 210 g/mol. The lowest BCUT2D eigenvalue weighted by molar-refractivity contribution is 0.0363. The van der Waals surface area contributed by atoms with Crippen LogP contribution >= 0.6 is 11.6 Å². The van der Waals surface area contributed by atoms with E-state index in [9.17, 15) is 0 Å². The zero-order valence-electron chi connectivity index (χ0n) is 10.0. The summed E-state index contributed by atoms with van der Waals surface area (Å²) in [6.07, 6.45) is 7.05. The van der Waals surface area contributed by atoms with Gasteiger partial charge in [-0.15, -0.1) is 11.6 Å². The van der Waals surface area contributed by atoms with E-state index in [-0.39, 0.29) is 0 Å². The highest BCUT2D eigenvalue weighted by molar-refractivity contribution is 6.17. The van der Waals surface area contributed by atoms with E-state index in [1.165, 1.54) is 32.2 Å². The number of hydrogen-bond donors (Lipinski definition) is 0. The number of rotatable bonds is 7. The molecule has 2 unspecified atom stereocenters. The van der Waals surface area contributed by atoms with E-state index < -0.39 is 0 Å². The largest absolute Gasteiger partial charge is 0.374 e. The summed E-state index contributed by atoms with van der Waals surface area (Å²) < 4.78 is 5.80. The van der Waals surface area contributed by atoms with Gasteiger partial charge in [-0.2, -0.15) is 0 Å². The van der Waals surface area contributed by atoms with Gasteiger partial charge in [-0.25, -0.2) is 0 Å². The lowest BCUT2D eigenvalue weighted by Gasteiger charge is -2.20. The van der Waals surface area contributed by atoms with Gasteiger partial charge < -0.3 is 9.64 Å². The van der Waals surface area contributed by atoms with Crippen LogP contribution in [0.1, 0.15) is 39.0 Å². The van der Waals surface area contributed by atoms with Crippen LogP contribution in [0.15, 0.2) is 0 Å². The van der Waals surface area contributed by atoms with Crippen molar-refractivity contribution in [3.63, 3.8) is 0 Å². The highest BCUT2D eigenvalue weighted by Gasteiger charge is 2.22. The SMILES string of the molecule is CC1CCC(CN(C)CCCCCCl)O1. The Hall–Kier alpha value is 0.210. The average Bonchev–Trinajstić information content (AvgIpc) is 2.59. The third-order valence-electron chi connectivity index (χ3n) is 3.01. The first-order chi connectivity index (χ1) is 7.22. The Kier molecular flexibility index (Phi) is 6.62. The second-order valence-corrected chi connectivity index (χ2v) is 5.04. The number of nitrogens with zero attached hydrogens (tertiary/aromatic N) is 1. The summed E-state index contributed by atoms with van der Waals surface area (Å²) >= 11 is 5.64. The summed E-state index contributed by atoms with van der Waals surface area (Å²) in [6, 6.07) is 0. The predicted molar refractivity (Wildman–Crippen MR) is 65.6 cm³/mol. The van der Waals surface area contributed by atoms with Gasteiger partial charge in [0.15, 0.2) is 0 Å². The van der Waals surface area contributed by atoms with Gasteiger partial charge >= 0.3 is 0 Å². The molecule has 0 radical (unpaired) electrons. The number of alkyl halides is 1. The molecule has 1 rings (SSSR count). The molecule has 2 nitrogen and oxygen atoms in total. The number of ether oxygens (including phenoxy) is 1. The van der Waals surface area contributed by atoms with Gasteiger partial charge in [0.05, 0.1) is 12.2 Å². The van der Waals surface area contributed by atoms with Crippen molar-refractivity contribution < 1.29 is 4.74 Å². The molecule has 0 spiro atoms. The third kappa shape index (κ3) is 5.74. The van der Waals surface area contributed by atoms with Gasteiger partial charge in [0, 0.05) is 12.4 Å². The van der Waals surface area contributed by atoms with Crippen molar-refractivity contribution >= 4 is 11.6 Å².